The Morgan fingerprint density at radius 2 is 1.71 bits per heavy atom. The van der Waals surface area contributed by atoms with Crippen molar-refractivity contribution in [3.8, 4) is 0 Å². The lowest BCUT2D eigenvalue weighted by molar-refractivity contribution is -0.0863. The summed E-state index contributed by atoms with van der Waals surface area (Å²) in [6.45, 7) is 3.69. The van der Waals surface area contributed by atoms with E-state index in [2.05, 4.69) is 31.2 Å². The van der Waals surface area contributed by atoms with Crippen LogP contribution < -0.4 is 0 Å². The molecule has 1 aliphatic heterocycles. The molecule has 14 heavy (non-hydrogen) atoms. The highest BCUT2D eigenvalue weighted by Gasteiger charge is 2.69. The van der Waals surface area contributed by atoms with Gasteiger partial charge in [0, 0.05) is 6.42 Å². The minimum Gasteiger partial charge on any atom is -0.347 e. The lowest BCUT2D eigenvalue weighted by Gasteiger charge is -2.16. The SMILES string of the molecule is CC1(c2ccccc2)CC12OCCO2. The third kappa shape index (κ3) is 0.928. The monoisotopic (exact) mass is 190 g/mol. The van der Waals surface area contributed by atoms with E-state index >= 15 is 0 Å². The average molecular weight is 190 g/mol. The second-order valence-electron chi connectivity index (χ2n) is 4.32. The Morgan fingerprint density at radius 1 is 1.07 bits per heavy atom. The quantitative estimate of drug-likeness (QED) is 0.675. The van der Waals surface area contributed by atoms with Crippen LogP contribution in [0.1, 0.15) is 18.9 Å². The Labute approximate surface area is 83.8 Å². The van der Waals surface area contributed by atoms with Gasteiger partial charge in [0.05, 0.1) is 18.6 Å². The second-order valence-corrected chi connectivity index (χ2v) is 4.32. The van der Waals surface area contributed by atoms with Crippen LogP contribution in [0.2, 0.25) is 0 Å². The predicted octanol–water partition coefficient (Wildman–Crippen LogP) is 2.09. The first-order valence-corrected chi connectivity index (χ1v) is 5.10. The molecule has 1 aromatic carbocycles. The van der Waals surface area contributed by atoms with Crippen molar-refractivity contribution in [2.45, 2.75) is 24.5 Å². The minimum absolute atomic E-state index is 0.0742. The van der Waals surface area contributed by atoms with Crippen molar-refractivity contribution >= 4 is 0 Å². The molecule has 3 rings (SSSR count). The third-order valence-electron chi connectivity index (χ3n) is 3.47. The van der Waals surface area contributed by atoms with Gasteiger partial charge in [0.1, 0.15) is 0 Å². The highest BCUT2D eigenvalue weighted by Crippen LogP contribution is 2.61. The summed E-state index contributed by atoms with van der Waals surface area (Å²) in [4.78, 5) is 0. The molecule has 0 bridgehead atoms. The highest BCUT2D eigenvalue weighted by molar-refractivity contribution is 5.37. The van der Waals surface area contributed by atoms with Gasteiger partial charge in [0.15, 0.2) is 5.79 Å². The molecule has 1 aliphatic carbocycles. The summed E-state index contributed by atoms with van der Waals surface area (Å²) in [6.07, 6.45) is 0.990. The zero-order valence-electron chi connectivity index (χ0n) is 8.32. The van der Waals surface area contributed by atoms with Crippen LogP contribution in [-0.4, -0.2) is 19.0 Å². The first-order chi connectivity index (χ1) is 6.77. The lowest BCUT2D eigenvalue weighted by Crippen LogP contribution is -2.22. The molecule has 0 aromatic heterocycles. The normalized spacial score (nSPS) is 33.5. The Bertz CT molecular complexity index is 341. The van der Waals surface area contributed by atoms with Gasteiger partial charge in [-0.05, 0) is 5.56 Å². The van der Waals surface area contributed by atoms with E-state index < -0.39 is 0 Å². The molecule has 1 saturated heterocycles. The van der Waals surface area contributed by atoms with E-state index in [-0.39, 0.29) is 11.2 Å². The van der Waals surface area contributed by atoms with E-state index in [4.69, 9.17) is 9.47 Å². The highest BCUT2D eigenvalue weighted by atomic mass is 16.7. The number of benzene rings is 1. The molecule has 1 saturated carbocycles. The van der Waals surface area contributed by atoms with E-state index in [9.17, 15) is 0 Å². The van der Waals surface area contributed by atoms with Crippen LogP contribution in [0.3, 0.4) is 0 Å². The predicted molar refractivity (Wildman–Crippen MR) is 53.0 cm³/mol. The van der Waals surface area contributed by atoms with Crippen molar-refractivity contribution in [2.75, 3.05) is 13.2 Å². The molecule has 2 aliphatic rings. The first-order valence-electron chi connectivity index (χ1n) is 5.10. The Morgan fingerprint density at radius 3 is 2.36 bits per heavy atom. The molecule has 74 valence electrons. The maximum absolute atomic E-state index is 5.70. The summed E-state index contributed by atoms with van der Waals surface area (Å²) in [6, 6.07) is 10.5. The molecule has 0 N–H and O–H groups in total. The molecular weight excluding hydrogens is 176 g/mol. The maximum atomic E-state index is 5.70. The fourth-order valence-corrected chi connectivity index (χ4v) is 2.42. The van der Waals surface area contributed by atoms with Gasteiger partial charge in [-0.15, -0.1) is 0 Å². The van der Waals surface area contributed by atoms with Crippen molar-refractivity contribution in [3.05, 3.63) is 35.9 Å². The zero-order valence-corrected chi connectivity index (χ0v) is 8.32. The number of hydrogen-bond donors (Lipinski definition) is 0. The average Bonchev–Trinajstić information content (AvgIpc) is 2.62. The molecule has 0 amide bonds. The van der Waals surface area contributed by atoms with Crippen LogP contribution in [0.25, 0.3) is 0 Å². The smallest absolute Gasteiger partial charge is 0.179 e. The summed E-state index contributed by atoms with van der Waals surface area (Å²) in [5, 5.41) is 0. The van der Waals surface area contributed by atoms with E-state index in [0.29, 0.717) is 0 Å². The second kappa shape index (κ2) is 2.59. The number of rotatable bonds is 1. The molecule has 2 nitrogen and oxygen atoms in total. The van der Waals surface area contributed by atoms with Crippen LogP contribution in [0.15, 0.2) is 30.3 Å². The first kappa shape index (κ1) is 8.45. The summed E-state index contributed by atoms with van der Waals surface area (Å²) >= 11 is 0. The molecule has 2 heteroatoms. The van der Waals surface area contributed by atoms with Gasteiger partial charge >= 0.3 is 0 Å². The van der Waals surface area contributed by atoms with E-state index in [1.165, 1.54) is 5.56 Å². The fourth-order valence-electron chi connectivity index (χ4n) is 2.42. The molecule has 1 heterocycles. The Balaban J connectivity index is 1.94. The van der Waals surface area contributed by atoms with Crippen molar-refractivity contribution in [1.29, 1.82) is 0 Å². The van der Waals surface area contributed by atoms with Crippen LogP contribution in [0, 0.1) is 0 Å². The van der Waals surface area contributed by atoms with Gasteiger partial charge < -0.3 is 9.47 Å². The van der Waals surface area contributed by atoms with Crippen LogP contribution in [0.5, 0.6) is 0 Å². The molecule has 1 aromatic rings. The lowest BCUT2D eigenvalue weighted by atomic mass is 9.97. The van der Waals surface area contributed by atoms with Gasteiger partial charge in [0.25, 0.3) is 0 Å². The molecule has 1 spiro atoms. The maximum Gasteiger partial charge on any atom is 0.179 e. The van der Waals surface area contributed by atoms with Crippen LogP contribution >= 0.6 is 0 Å². The van der Waals surface area contributed by atoms with Crippen LogP contribution in [-0.2, 0) is 14.9 Å². The minimum atomic E-state index is -0.297. The molecule has 1 unspecified atom stereocenters. The molecule has 0 radical (unpaired) electrons. The van der Waals surface area contributed by atoms with Gasteiger partial charge in [0.2, 0.25) is 0 Å². The number of hydrogen-bond acceptors (Lipinski definition) is 2. The summed E-state index contributed by atoms with van der Waals surface area (Å²) in [5.41, 5.74) is 1.40. The standard InChI is InChI=1S/C12H14O2/c1-11(10-5-3-2-4-6-10)9-12(11)13-7-8-14-12/h2-6H,7-9H2,1H3. The van der Waals surface area contributed by atoms with Gasteiger partial charge in [-0.1, -0.05) is 37.3 Å². The summed E-state index contributed by atoms with van der Waals surface area (Å²) in [7, 11) is 0. The van der Waals surface area contributed by atoms with Crippen molar-refractivity contribution in [1.82, 2.24) is 0 Å². The number of ether oxygens (including phenoxy) is 2. The van der Waals surface area contributed by atoms with Crippen molar-refractivity contribution in [3.63, 3.8) is 0 Å². The summed E-state index contributed by atoms with van der Waals surface area (Å²) < 4.78 is 11.4. The van der Waals surface area contributed by atoms with E-state index in [1.54, 1.807) is 0 Å². The van der Waals surface area contributed by atoms with Crippen LogP contribution in [0.4, 0.5) is 0 Å². The summed E-state index contributed by atoms with van der Waals surface area (Å²) in [5.74, 6) is -0.297. The van der Waals surface area contributed by atoms with Gasteiger partial charge in [-0.25, -0.2) is 0 Å². The fraction of sp³-hybridized carbons (Fsp3) is 0.500. The molecule has 2 fully saturated rings. The van der Waals surface area contributed by atoms with Gasteiger partial charge in [-0.2, -0.15) is 0 Å². The molecular formula is C12H14O2. The van der Waals surface area contributed by atoms with Crippen molar-refractivity contribution < 1.29 is 9.47 Å². The van der Waals surface area contributed by atoms with Gasteiger partial charge in [-0.3, -0.25) is 0 Å². The largest absolute Gasteiger partial charge is 0.347 e. The van der Waals surface area contributed by atoms with E-state index in [1.807, 2.05) is 6.07 Å². The zero-order chi connectivity index (χ0) is 9.65. The third-order valence-corrected chi connectivity index (χ3v) is 3.47. The Kier molecular flexibility index (Phi) is 1.56. The van der Waals surface area contributed by atoms with E-state index in [0.717, 1.165) is 19.6 Å². The topological polar surface area (TPSA) is 18.5 Å². The molecule has 1 atom stereocenters. The Hall–Kier alpha value is -0.860. The van der Waals surface area contributed by atoms with Crippen molar-refractivity contribution in [2.24, 2.45) is 0 Å².